The van der Waals surface area contributed by atoms with Crippen LogP contribution in [0.4, 0.5) is 13.2 Å². The number of aryl methyl sites for hydroxylation is 1. The van der Waals surface area contributed by atoms with Crippen LogP contribution in [0.3, 0.4) is 0 Å². The average Bonchev–Trinajstić information content (AvgIpc) is 2.66. The molecule has 1 atom stereocenters. The Morgan fingerprint density at radius 3 is 2.50 bits per heavy atom. The quantitative estimate of drug-likeness (QED) is 0.883. The zero-order valence-corrected chi connectivity index (χ0v) is 12.2. The van der Waals surface area contributed by atoms with Crippen LogP contribution >= 0.6 is 12.4 Å². The van der Waals surface area contributed by atoms with Crippen molar-refractivity contribution in [2.24, 2.45) is 18.7 Å². The summed E-state index contributed by atoms with van der Waals surface area (Å²) < 4.78 is 39.0. The molecule has 1 rings (SSSR count). The van der Waals surface area contributed by atoms with E-state index < -0.39 is 23.8 Å². The van der Waals surface area contributed by atoms with Crippen LogP contribution in [0.15, 0.2) is 6.20 Å². The predicted molar refractivity (Wildman–Crippen MR) is 70.1 cm³/mol. The Morgan fingerprint density at radius 1 is 1.50 bits per heavy atom. The van der Waals surface area contributed by atoms with Gasteiger partial charge in [0.05, 0.1) is 6.04 Å². The predicted octanol–water partition coefficient (Wildman–Crippen LogP) is 1.46. The molecule has 0 fully saturated rings. The van der Waals surface area contributed by atoms with Crippen LogP contribution in [0.1, 0.15) is 25.1 Å². The Hall–Kier alpha value is -1.28. The van der Waals surface area contributed by atoms with Gasteiger partial charge in [0.15, 0.2) is 5.69 Å². The number of hydrogen-bond acceptors (Lipinski definition) is 3. The van der Waals surface area contributed by atoms with Crippen molar-refractivity contribution >= 4 is 18.3 Å². The Labute approximate surface area is 121 Å². The Morgan fingerprint density at radius 2 is 2.05 bits per heavy atom. The molecule has 0 aromatic carbocycles. The SMILES string of the molecule is CC(C)[C@H](N)C(=O)NCc1cn(C)nc1C(F)(F)F.Cl. The third-order valence-corrected chi connectivity index (χ3v) is 2.65. The van der Waals surface area contributed by atoms with Crippen molar-refractivity contribution in [3.63, 3.8) is 0 Å². The second-order valence-corrected chi connectivity index (χ2v) is 4.66. The largest absolute Gasteiger partial charge is 0.435 e. The van der Waals surface area contributed by atoms with E-state index in [9.17, 15) is 18.0 Å². The third kappa shape index (κ3) is 4.68. The van der Waals surface area contributed by atoms with E-state index in [0.717, 1.165) is 4.68 Å². The van der Waals surface area contributed by atoms with Crippen LogP contribution in [0.2, 0.25) is 0 Å². The summed E-state index contributed by atoms with van der Waals surface area (Å²) in [6.45, 7) is 3.27. The topological polar surface area (TPSA) is 72.9 Å². The van der Waals surface area contributed by atoms with Gasteiger partial charge in [-0.1, -0.05) is 13.8 Å². The van der Waals surface area contributed by atoms with Gasteiger partial charge < -0.3 is 11.1 Å². The number of carbonyl (C=O) groups excluding carboxylic acids is 1. The zero-order valence-electron chi connectivity index (χ0n) is 11.4. The van der Waals surface area contributed by atoms with E-state index in [1.807, 2.05) is 0 Å². The van der Waals surface area contributed by atoms with Gasteiger partial charge in [0.25, 0.3) is 0 Å². The summed E-state index contributed by atoms with van der Waals surface area (Å²) >= 11 is 0. The minimum absolute atomic E-state index is 0. The van der Waals surface area contributed by atoms with Gasteiger partial charge in [0, 0.05) is 25.4 Å². The van der Waals surface area contributed by atoms with E-state index in [2.05, 4.69) is 10.4 Å². The molecule has 9 heteroatoms. The molecule has 1 heterocycles. The number of nitrogens with zero attached hydrogens (tertiary/aromatic N) is 2. The molecule has 0 aliphatic heterocycles. The first-order valence-electron chi connectivity index (χ1n) is 5.76. The van der Waals surface area contributed by atoms with Crippen molar-refractivity contribution in [2.75, 3.05) is 0 Å². The molecule has 116 valence electrons. The molecule has 0 spiro atoms. The molecule has 1 aromatic heterocycles. The molecule has 20 heavy (non-hydrogen) atoms. The first-order chi connectivity index (χ1) is 8.62. The molecule has 3 N–H and O–H groups in total. The number of amides is 1. The average molecular weight is 315 g/mol. The van der Waals surface area contributed by atoms with Crippen molar-refractivity contribution in [3.05, 3.63) is 17.5 Å². The van der Waals surface area contributed by atoms with Gasteiger partial charge in [-0.25, -0.2) is 0 Å². The van der Waals surface area contributed by atoms with Crippen molar-refractivity contribution in [2.45, 2.75) is 32.6 Å². The third-order valence-electron chi connectivity index (χ3n) is 2.65. The zero-order chi connectivity index (χ0) is 14.8. The van der Waals surface area contributed by atoms with Crippen LogP contribution in [-0.2, 0) is 24.6 Å². The Kier molecular flexibility index (Phi) is 6.49. The normalized spacial score (nSPS) is 13.0. The minimum Gasteiger partial charge on any atom is -0.351 e. The second kappa shape index (κ2) is 6.94. The maximum atomic E-state index is 12.7. The van der Waals surface area contributed by atoms with Crippen molar-refractivity contribution in [3.8, 4) is 0 Å². The van der Waals surface area contributed by atoms with Gasteiger partial charge in [0.1, 0.15) is 0 Å². The molecule has 0 saturated heterocycles. The number of hydrogen-bond donors (Lipinski definition) is 2. The highest BCUT2D eigenvalue weighted by Gasteiger charge is 2.36. The van der Waals surface area contributed by atoms with Crippen molar-refractivity contribution in [1.29, 1.82) is 0 Å². The van der Waals surface area contributed by atoms with E-state index in [1.54, 1.807) is 13.8 Å². The molecule has 5 nitrogen and oxygen atoms in total. The molecule has 0 saturated carbocycles. The van der Waals surface area contributed by atoms with Gasteiger partial charge in [-0.05, 0) is 5.92 Å². The first-order valence-corrected chi connectivity index (χ1v) is 5.76. The fourth-order valence-corrected chi connectivity index (χ4v) is 1.51. The van der Waals surface area contributed by atoms with E-state index in [-0.39, 0.29) is 30.4 Å². The van der Waals surface area contributed by atoms with Crippen LogP contribution in [-0.4, -0.2) is 21.7 Å². The number of halogens is 4. The number of carbonyl (C=O) groups is 1. The fraction of sp³-hybridized carbons (Fsp3) is 0.636. The van der Waals surface area contributed by atoms with Gasteiger partial charge in [0.2, 0.25) is 5.91 Å². The van der Waals surface area contributed by atoms with E-state index in [1.165, 1.54) is 13.2 Å². The molecule has 1 amide bonds. The molecule has 0 aliphatic rings. The number of aromatic nitrogens is 2. The molecule has 0 bridgehead atoms. The summed E-state index contributed by atoms with van der Waals surface area (Å²) in [4.78, 5) is 11.6. The lowest BCUT2D eigenvalue weighted by atomic mass is 10.0. The summed E-state index contributed by atoms with van der Waals surface area (Å²) in [6, 6.07) is -0.744. The standard InChI is InChI=1S/C11H17F3N4O.ClH/c1-6(2)8(15)10(19)16-4-7-5-18(3)17-9(7)11(12,13)14;/h5-6,8H,4,15H2,1-3H3,(H,16,19);1H/t8-;/m0./s1. The van der Waals surface area contributed by atoms with Crippen LogP contribution in [0, 0.1) is 5.92 Å². The molecule has 0 radical (unpaired) electrons. The highest BCUT2D eigenvalue weighted by atomic mass is 35.5. The maximum Gasteiger partial charge on any atom is 0.435 e. The highest BCUT2D eigenvalue weighted by molar-refractivity contribution is 5.85. The van der Waals surface area contributed by atoms with Crippen LogP contribution in [0.25, 0.3) is 0 Å². The lowest BCUT2D eigenvalue weighted by molar-refractivity contribution is -0.142. The van der Waals surface area contributed by atoms with E-state index in [0.29, 0.717) is 0 Å². The minimum atomic E-state index is -4.54. The summed E-state index contributed by atoms with van der Waals surface area (Å²) in [5, 5.41) is 5.74. The monoisotopic (exact) mass is 314 g/mol. The second-order valence-electron chi connectivity index (χ2n) is 4.66. The lowest BCUT2D eigenvalue weighted by Crippen LogP contribution is -2.43. The van der Waals surface area contributed by atoms with Gasteiger partial charge in [-0.3, -0.25) is 9.48 Å². The number of rotatable bonds is 4. The summed E-state index contributed by atoms with van der Waals surface area (Å²) in [6.07, 6.45) is -3.31. The van der Waals surface area contributed by atoms with Crippen molar-refractivity contribution < 1.29 is 18.0 Å². The van der Waals surface area contributed by atoms with E-state index >= 15 is 0 Å². The maximum absolute atomic E-state index is 12.7. The summed E-state index contributed by atoms with van der Waals surface area (Å²) in [5.41, 5.74) is 4.52. The van der Waals surface area contributed by atoms with Gasteiger partial charge in [-0.2, -0.15) is 18.3 Å². The van der Waals surface area contributed by atoms with Gasteiger partial charge >= 0.3 is 6.18 Å². The van der Waals surface area contributed by atoms with E-state index in [4.69, 9.17) is 5.73 Å². The lowest BCUT2D eigenvalue weighted by Gasteiger charge is -2.15. The summed E-state index contributed by atoms with van der Waals surface area (Å²) in [5.74, 6) is -0.567. The molecular weight excluding hydrogens is 297 g/mol. The Balaban J connectivity index is 0.00000361. The van der Waals surface area contributed by atoms with Crippen LogP contribution < -0.4 is 11.1 Å². The van der Waals surface area contributed by atoms with Crippen LogP contribution in [0.5, 0.6) is 0 Å². The van der Waals surface area contributed by atoms with Crippen molar-refractivity contribution in [1.82, 2.24) is 15.1 Å². The van der Waals surface area contributed by atoms with Gasteiger partial charge in [-0.15, -0.1) is 12.4 Å². The smallest absolute Gasteiger partial charge is 0.351 e. The molecular formula is C11H18ClF3N4O. The fourth-order valence-electron chi connectivity index (χ4n) is 1.51. The highest BCUT2D eigenvalue weighted by Crippen LogP contribution is 2.30. The first kappa shape index (κ1) is 18.7. The molecule has 1 aromatic rings. The number of alkyl halides is 3. The molecule has 0 aliphatic carbocycles. The number of nitrogens with one attached hydrogen (secondary N) is 1. The number of nitrogens with two attached hydrogens (primary N) is 1. The molecule has 0 unspecified atom stereocenters. The summed E-state index contributed by atoms with van der Waals surface area (Å²) in [7, 11) is 1.39. The Bertz CT molecular complexity index is 459.